The van der Waals surface area contributed by atoms with Gasteiger partial charge in [-0.3, -0.25) is 4.79 Å². The lowest BCUT2D eigenvalue weighted by Gasteiger charge is -2.38. The number of carbonyl (C=O) groups is 1. The molecule has 6 heteroatoms. The van der Waals surface area contributed by atoms with Crippen molar-refractivity contribution in [2.75, 3.05) is 29.2 Å². The first-order chi connectivity index (χ1) is 17.0. The number of aromatic nitrogens is 1. The Hall–Kier alpha value is -2.79. The summed E-state index contributed by atoms with van der Waals surface area (Å²) in [7, 11) is 4.15. The van der Waals surface area contributed by atoms with E-state index in [-0.39, 0.29) is 12.0 Å². The molecule has 2 aromatic carbocycles. The Morgan fingerprint density at radius 1 is 0.943 bits per heavy atom. The van der Waals surface area contributed by atoms with Crippen molar-refractivity contribution in [1.29, 1.82) is 0 Å². The van der Waals surface area contributed by atoms with E-state index in [1.165, 1.54) is 5.69 Å². The van der Waals surface area contributed by atoms with Crippen LogP contribution >= 0.6 is 11.6 Å². The number of fused-ring (bicyclic) bond motifs is 1. The lowest BCUT2D eigenvalue weighted by atomic mass is 9.88. The highest BCUT2D eigenvalue weighted by Crippen LogP contribution is 2.35. The highest BCUT2D eigenvalue weighted by atomic mass is 35.5. The summed E-state index contributed by atoms with van der Waals surface area (Å²) in [6.07, 6.45) is 8.34. The van der Waals surface area contributed by atoms with Gasteiger partial charge in [-0.25, -0.2) is 4.98 Å². The summed E-state index contributed by atoms with van der Waals surface area (Å²) in [6.45, 7) is 0. The Morgan fingerprint density at radius 2 is 1.63 bits per heavy atom. The second-order valence-corrected chi connectivity index (χ2v) is 10.7. The summed E-state index contributed by atoms with van der Waals surface area (Å²) in [5.41, 5.74) is 3.16. The summed E-state index contributed by atoms with van der Waals surface area (Å²) >= 11 is 6.15. The normalized spacial score (nSPS) is 20.7. The Morgan fingerprint density at radius 3 is 2.31 bits per heavy atom. The number of anilines is 3. The first-order valence-electron chi connectivity index (χ1n) is 12.9. The van der Waals surface area contributed by atoms with Crippen LogP contribution in [0.25, 0.3) is 10.9 Å². The van der Waals surface area contributed by atoms with Crippen molar-refractivity contribution in [1.82, 2.24) is 4.98 Å². The van der Waals surface area contributed by atoms with Crippen LogP contribution in [0.5, 0.6) is 0 Å². The number of rotatable bonds is 6. The van der Waals surface area contributed by atoms with E-state index in [0.717, 1.165) is 73.8 Å². The fraction of sp³-hybridized carbons (Fsp3) is 0.448. The molecular formula is C29H35ClN4O. The molecule has 2 saturated carbocycles. The van der Waals surface area contributed by atoms with E-state index in [1.54, 1.807) is 0 Å². The second kappa shape index (κ2) is 10.4. The van der Waals surface area contributed by atoms with Gasteiger partial charge in [0.05, 0.1) is 5.52 Å². The zero-order valence-electron chi connectivity index (χ0n) is 20.7. The molecule has 0 atom stereocenters. The number of halogens is 1. The van der Waals surface area contributed by atoms with E-state index in [1.807, 2.05) is 30.3 Å². The number of amides is 1. The van der Waals surface area contributed by atoms with Crippen molar-refractivity contribution in [2.24, 2.45) is 5.92 Å². The second-order valence-electron chi connectivity index (χ2n) is 10.3. The van der Waals surface area contributed by atoms with Gasteiger partial charge < -0.3 is 15.1 Å². The van der Waals surface area contributed by atoms with Crippen LogP contribution in [0.3, 0.4) is 0 Å². The van der Waals surface area contributed by atoms with Crippen LogP contribution in [0.2, 0.25) is 5.02 Å². The summed E-state index contributed by atoms with van der Waals surface area (Å²) in [5.74, 6) is 1.38. The molecule has 184 valence electrons. The molecule has 0 spiro atoms. The van der Waals surface area contributed by atoms with Gasteiger partial charge in [-0.1, -0.05) is 42.6 Å². The quantitative estimate of drug-likeness (QED) is 0.408. The number of hydrogen-bond donors (Lipinski definition) is 1. The molecule has 0 saturated heterocycles. The lowest BCUT2D eigenvalue weighted by Crippen LogP contribution is -2.46. The van der Waals surface area contributed by atoms with Crippen LogP contribution in [0, 0.1) is 5.92 Å². The predicted molar refractivity (Wildman–Crippen MR) is 147 cm³/mol. The van der Waals surface area contributed by atoms with Gasteiger partial charge >= 0.3 is 0 Å². The van der Waals surface area contributed by atoms with E-state index >= 15 is 0 Å². The molecular weight excluding hydrogens is 456 g/mol. The maximum absolute atomic E-state index is 13.6. The molecule has 0 radical (unpaired) electrons. The number of hydrogen-bond acceptors (Lipinski definition) is 4. The lowest BCUT2D eigenvalue weighted by molar-refractivity contribution is -0.122. The molecule has 5 rings (SSSR count). The Balaban J connectivity index is 1.31. The highest BCUT2D eigenvalue weighted by Gasteiger charge is 2.34. The number of carbonyl (C=O) groups excluding carboxylic acids is 1. The van der Waals surface area contributed by atoms with Crippen molar-refractivity contribution in [3.63, 3.8) is 0 Å². The number of benzene rings is 2. The number of nitrogens with zero attached hydrogens (tertiary/aromatic N) is 3. The maximum atomic E-state index is 13.6. The van der Waals surface area contributed by atoms with Crippen LogP contribution in [-0.2, 0) is 4.79 Å². The SMILES string of the molecule is CN(C)c1cc(NC2CCC(N(C(=O)C3CCCC3)c3ccc(Cl)cc3)CC2)nc2ccccc12. The molecule has 2 aliphatic rings. The fourth-order valence-corrected chi connectivity index (χ4v) is 5.90. The summed E-state index contributed by atoms with van der Waals surface area (Å²) in [4.78, 5) is 22.7. The summed E-state index contributed by atoms with van der Waals surface area (Å²) < 4.78 is 0. The number of para-hydroxylation sites is 1. The molecule has 0 unspecified atom stereocenters. The van der Waals surface area contributed by atoms with Gasteiger partial charge in [0.2, 0.25) is 5.91 Å². The van der Waals surface area contributed by atoms with Gasteiger partial charge in [-0.2, -0.15) is 0 Å². The Kier molecular flexibility index (Phi) is 7.14. The maximum Gasteiger partial charge on any atom is 0.230 e. The zero-order chi connectivity index (χ0) is 24.4. The van der Waals surface area contributed by atoms with Crippen LogP contribution in [0.15, 0.2) is 54.6 Å². The van der Waals surface area contributed by atoms with Crippen molar-refractivity contribution in [3.05, 3.63) is 59.6 Å². The largest absolute Gasteiger partial charge is 0.377 e. The molecule has 2 aliphatic carbocycles. The molecule has 5 nitrogen and oxygen atoms in total. The Bertz CT molecular complexity index is 1170. The van der Waals surface area contributed by atoms with Crippen molar-refractivity contribution in [2.45, 2.75) is 63.5 Å². The number of pyridine rings is 1. The van der Waals surface area contributed by atoms with E-state index in [4.69, 9.17) is 16.6 Å². The first-order valence-corrected chi connectivity index (χ1v) is 13.3. The fourth-order valence-electron chi connectivity index (χ4n) is 5.78. The van der Waals surface area contributed by atoms with Crippen molar-refractivity contribution in [3.8, 4) is 0 Å². The molecule has 2 fully saturated rings. The van der Waals surface area contributed by atoms with Gasteiger partial charge in [-0.05, 0) is 68.9 Å². The first kappa shape index (κ1) is 23.9. The average Bonchev–Trinajstić information content (AvgIpc) is 3.41. The van der Waals surface area contributed by atoms with Crippen molar-refractivity contribution < 1.29 is 4.79 Å². The minimum atomic E-state index is 0.160. The molecule has 35 heavy (non-hydrogen) atoms. The van der Waals surface area contributed by atoms with Crippen LogP contribution < -0.4 is 15.1 Å². The summed E-state index contributed by atoms with van der Waals surface area (Å²) in [5, 5.41) is 5.57. The van der Waals surface area contributed by atoms with Gasteiger partial charge in [0.1, 0.15) is 5.82 Å². The summed E-state index contributed by atoms with van der Waals surface area (Å²) in [6, 6.07) is 18.8. The zero-order valence-corrected chi connectivity index (χ0v) is 21.5. The standard InChI is InChI=1S/C29H35ClN4O/c1-33(2)27-19-28(32-26-10-6-5-9-25(26)27)31-22-13-17-24(18-14-22)34(23-15-11-21(30)12-16-23)29(35)20-7-3-4-8-20/h5-6,9-12,15-16,19-20,22,24H,3-4,7-8,13-14,17-18H2,1-2H3,(H,31,32). The highest BCUT2D eigenvalue weighted by molar-refractivity contribution is 6.30. The monoisotopic (exact) mass is 490 g/mol. The third-order valence-electron chi connectivity index (χ3n) is 7.64. The minimum Gasteiger partial charge on any atom is -0.377 e. The molecule has 1 amide bonds. The van der Waals surface area contributed by atoms with Crippen molar-refractivity contribution >= 4 is 45.6 Å². The molecule has 0 bridgehead atoms. The van der Waals surface area contributed by atoms with Crippen LogP contribution in [0.1, 0.15) is 51.4 Å². The molecule has 0 aliphatic heterocycles. The van der Waals surface area contributed by atoms with E-state index < -0.39 is 0 Å². The van der Waals surface area contributed by atoms with E-state index in [0.29, 0.717) is 17.0 Å². The molecule has 1 heterocycles. The van der Waals surface area contributed by atoms with Gasteiger partial charge in [-0.15, -0.1) is 0 Å². The minimum absolute atomic E-state index is 0.160. The van der Waals surface area contributed by atoms with Crippen LogP contribution in [-0.4, -0.2) is 37.1 Å². The van der Waals surface area contributed by atoms with E-state index in [2.05, 4.69) is 53.5 Å². The third-order valence-corrected chi connectivity index (χ3v) is 7.89. The topological polar surface area (TPSA) is 48.5 Å². The molecule has 1 N–H and O–H groups in total. The van der Waals surface area contributed by atoms with E-state index in [9.17, 15) is 4.79 Å². The van der Waals surface area contributed by atoms with Gasteiger partial charge in [0, 0.05) is 59.9 Å². The number of nitrogens with one attached hydrogen (secondary N) is 1. The van der Waals surface area contributed by atoms with Crippen LogP contribution in [0.4, 0.5) is 17.2 Å². The average molecular weight is 491 g/mol. The third kappa shape index (κ3) is 5.25. The Labute approximate surface area is 213 Å². The molecule has 3 aromatic rings. The van der Waals surface area contributed by atoms with Gasteiger partial charge in [0.15, 0.2) is 0 Å². The predicted octanol–water partition coefficient (Wildman–Crippen LogP) is 6.90. The molecule has 1 aromatic heterocycles. The van der Waals surface area contributed by atoms with Gasteiger partial charge in [0.25, 0.3) is 0 Å². The smallest absolute Gasteiger partial charge is 0.230 e.